The summed E-state index contributed by atoms with van der Waals surface area (Å²) in [5.41, 5.74) is 6.07. The van der Waals surface area contributed by atoms with Gasteiger partial charge < -0.3 is 4.74 Å². The lowest BCUT2D eigenvalue weighted by Gasteiger charge is -2.18. The van der Waals surface area contributed by atoms with E-state index in [0.717, 1.165) is 34.4 Å². The van der Waals surface area contributed by atoms with Crippen LogP contribution in [0.1, 0.15) is 22.7 Å². The molecule has 0 spiro atoms. The first kappa shape index (κ1) is 14.5. The smallest absolute Gasteiger partial charge is 0.125 e. The molecule has 1 unspecified atom stereocenters. The first-order valence-electron chi connectivity index (χ1n) is 6.83. The molecule has 0 saturated heterocycles. The molecule has 3 nitrogen and oxygen atoms in total. The van der Waals surface area contributed by atoms with Crippen molar-refractivity contribution in [2.24, 2.45) is 5.84 Å². The Hall–Kier alpha value is -1.43. The Kier molecular flexibility index (Phi) is 4.24. The molecule has 0 radical (unpaired) electrons. The van der Waals surface area contributed by atoms with Gasteiger partial charge in [0.05, 0.1) is 12.6 Å². The average Bonchev–Trinajstić information content (AvgIpc) is 2.94. The van der Waals surface area contributed by atoms with Gasteiger partial charge in [-0.15, -0.1) is 0 Å². The molecular formula is C16H16BrFN2O. The molecule has 3 rings (SSSR count). The van der Waals surface area contributed by atoms with Crippen LogP contribution >= 0.6 is 15.9 Å². The Balaban J connectivity index is 1.89. The fourth-order valence-electron chi connectivity index (χ4n) is 2.69. The minimum absolute atomic E-state index is 0.0896. The third kappa shape index (κ3) is 3.10. The van der Waals surface area contributed by atoms with Gasteiger partial charge >= 0.3 is 0 Å². The Morgan fingerprint density at radius 2 is 2.05 bits per heavy atom. The van der Waals surface area contributed by atoms with Crippen molar-refractivity contribution in [2.45, 2.75) is 18.9 Å². The summed E-state index contributed by atoms with van der Waals surface area (Å²) in [6.07, 6.45) is 1.61. The molecule has 0 bridgehead atoms. The molecule has 1 aliphatic heterocycles. The molecule has 0 saturated carbocycles. The van der Waals surface area contributed by atoms with E-state index in [4.69, 9.17) is 10.6 Å². The van der Waals surface area contributed by atoms with Gasteiger partial charge in [-0.3, -0.25) is 11.3 Å². The zero-order valence-corrected chi connectivity index (χ0v) is 13.0. The maximum absolute atomic E-state index is 13.0. The zero-order valence-electron chi connectivity index (χ0n) is 11.4. The molecule has 0 aliphatic carbocycles. The van der Waals surface area contributed by atoms with Crippen LogP contribution in [0.4, 0.5) is 4.39 Å². The van der Waals surface area contributed by atoms with Gasteiger partial charge in [-0.1, -0.05) is 28.1 Å². The van der Waals surface area contributed by atoms with E-state index in [0.29, 0.717) is 6.42 Å². The number of nitrogens with one attached hydrogen (secondary N) is 1. The number of rotatable bonds is 4. The first-order chi connectivity index (χ1) is 10.2. The van der Waals surface area contributed by atoms with Gasteiger partial charge in [0, 0.05) is 10.9 Å². The van der Waals surface area contributed by atoms with Crippen molar-refractivity contribution in [3.8, 4) is 5.75 Å². The largest absolute Gasteiger partial charge is 0.493 e. The van der Waals surface area contributed by atoms with E-state index in [-0.39, 0.29) is 11.9 Å². The van der Waals surface area contributed by atoms with Gasteiger partial charge in [0.15, 0.2) is 0 Å². The van der Waals surface area contributed by atoms with Crippen molar-refractivity contribution in [2.75, 3.05) is 6.61 Å². The molecule has 1 aliphatic rings. The third-order valence-electron chi connectivity index (χ3n) is 3.72. The summed E-state index contributed by atoms with van der Waals surface area (Å²) >= 11 is 3.54. The standard InChI is InChI=1S/C16H16BrFN2O/c17-13-7-11-5-6-21-16(11)12(8-13)9-15(20-19)10-1-3-14(18)4-2-10/h1-4,7-8,15,20H,5-6,9,19H2. The second-order valence-corrected chi connectivity index (χ2v) is 6.04. The third-order valence-corrected chi connectivity index (χ3v) is 4.18. The van der Waals surface area contributed by atoms with Crippen LogP contribution in [0, 0.1) is 5.82 Å². The van der Waals surface area contributed by atoms with Gasteiger partial charge in [0.2, 0.25) is 0 Å². The van der Waals surface area contributed by atoms with Gasteiger partial charge in [0.1, 0.15) is 11.6 Å². The van der Waals surface area contributed by atoms with Gasteiger partial charge in [0.25, 0.3) is 0 Å². The molecule has 0 aromatic heterocycles. The van der Waals surface area contributed by atoms with Gasteiger partial charge in [-0.2, -0.15) is 0 Å². The number of fused-ring (bicyclic) bond motifs is 1. The fourth-order valence-corrected chi connectivity index (χ4v) is 3.24. The number of hydrogen-bond acceptors (Lipinski definition) is 3. The summed E-state index contributed by atoms with van der Waals surface area (Å²) < 4.78 is 19.8. The molecule has 0 fully saturated rings. The minimum Gasteiger partial charge on any atom is -0.493 e. The highest BCUT2D eigenvalue weighted by Crippen LogP contribution is 2.35. The fraction of sp³-hybridized carbons (Fsp3) is 0.250. The maximum atomic E-state index is 13.0. The second-order valence-electron chi connectivity index (χ2n) is 5.13. The number of hydrogen-bond donors (Lipinski definition) is 2. The first-order valence-corrected chi connectivity index (χ1v) is 7.62. The van der Waals surface area contributed by atoms with Crippen LogP contribution in [0.3, 0.4) is 0 Å². The number of benzene rings is 2. The Morgan fingerprint density at radius 1 is 1.29 bits per heavy atom. The number of nitrogens with two attached hydrogens (primary N) is 1. The molecule has 5 heteroatoms. The van der Waals surface area contributed by atoms with Gasteiger partial charge in [-0.25, -0.2) is 4.39 Å². The second kappa shape index (κ2) is 6.13. The van der Waals surface area contributed by atoms with Crippen LogP contribution < -0.4 is 16.0 Å². The predicted molar refractivity (Wildman–Crippen MR) is 83.5 cm³/mol. The van der Waals surface area contributed by atoms with E-state index < -0.39 is 0 Å². The topological polar surface area (TPSA) is 47.3 Å². The lowest BCUT2D eigenvalue weighted by molar-refractivity contribution is 0.351. The van der Waals surface area contributed by atoms with Crippen LogP contribution in [-0.4, -0.2) is 6.61 Å². The van der Waals surface area contributed by atoms with Crippen LogP contribution in [0.25, 0.3) is 0 Å². The van der Waals surface area contributed by atoms with E-state index in [1.165, 1.54) is 17.7 Å². The van der Waals surface area contributed by atoms with Crippen molar-refractivity contribution < 1.29 is 9.13 Å². The zero-order chi connectivity index (χ0) is 14.8. The summed E-state index contributed by atoms with van der Waals surface area (Å²) in [5.74, 6) is 6.39. The molecule has 110 valence electrons. The van der Waals surface area contributed by atoms with Crippen molar-refractivity contribution in [3.05, 3.63) is 63.4 Å². The van der Waals surface area contributed by atoms with E-state index in [1.807, 2.05) is 0 Å². The summed E-state index contributed by atoms with van der Waals surface area (Å²) in [6, 6.07) is 10.4. The summed E-state index contributed by atoms with van der Waals surface area (Å²) in [6.45, 7) is 0.718. The van der Waals surface area contributed by atoms with Crippen molar-refractivity contribution >= 4 is 15.9 Å². The number of ether oxygens (including phenoxy) is 1. The highest BCUT2D eigenvalue weighted by Gasteiger charge is 2.20. The van der Waals surface area contributed by atoms with Crippen molar-refractivity contribution in [1.82, 2.24) is 5.43 Å². The molecule has 2 aromatic rings. The lowest BCUT2D eigenvalue weighted by atomic mass is 9.97. The molecule has 1 heterocycles. The summed E-state index contributed by atoms with van der Waals surface area (Å²) in [5, 5.41) is 0. The predicted octanol–water partition coefficient (Wildman–Crippen LogP) is 3.27. The quantitative estimate of drug-likeness (QED) is 0.657. The van der Waals surface area contributed by atoms with Crippen LogP contribution in [0.5, 0.6) is 5.75 Å². The van der Waals surface area contributed by atoms with Crippen LogP contribution in [-0.2, 0) is 12.8 Å². The van der Waals surface area contributed by atoms with Crippen LogP contribution in [0.2, 0.25) is 0 Å². The molecule has 3 N–H and O–H groups in total. The lowest BCUT2D eigenvalue weighted by Crippen LogP contribution is -2.29. The average molecular weight is 351 g/mol. The SMILES string of the molecule is NNC(Cc1cc(Br)cc2c1OCC2)c1ccc(F)cc1. The Bertz CT molecular complexity index is 645. The highest BCUT2D eigenvalue weighted by molar-refractivity contribution is 9.10. The maximum Gasteiger partial charge on any atom is 0.125 e. The van der Waals surface area contributed by atoms with Crippen LogP contribution in [0.15, 0.2) is 40.9 Å². The molecular weight excluding hydrogens is 335 g/mol. The molecule has 1 atom stereocenters. The van der Waals surface area contributed by atoms with Crippen molar-refractivity contribution in [1.29, 1.82) is 0 Å². The van der Waals surface area contributed by atoms with E-state index in [2.05, 4.69) is 33.5 Å². The Morgan fingerprint density at radius 3 is 2.76 bits per heavy atom. The number of hydrazine groups is 1. The van der Waals surface area contributed by atoms with E-state index >= 15 is 0 Å². The van der Waals surface area contributed by atoms with Gasteiger partial charge in [-0.05, 0) is 47.4 Å². The summed E-state index contributed by atoms with van der Waals surface area (Å²) in [7, 11) is 0. The van der Waals surface area contributed by atoms with E-state index in [9.17, 15) is 4.39 Å². The monoisotopic (exact) mass is 350 g/mol. The summed E-state index contributed by atoms with van der Waals surface area (Å²) in [4.78, 5) is 0. The van der Waals surface area contributed by atoms with E-state index in [1.54, 1.807) is 12.1 Å². The Labute approximate surface area is 131 Å². The normalized spacial score (nSPS) is 14.6. The molecule has 2 aromatic carbocycles. The minimum atomic E-state index is -0.249. The number of halogens is 2. The highest BCUT2D eigenvalue weighted by atomic mass is 79.9. The van der Waals surface area contributed by atoms with Crippen molar-refractivity contribution in [3.63, 3.8) is 0 Å². The molecule has 21 heavy (non-hydrogen) atoms. The molecule has 0 amide bonds.